The molecule has 0 aliphatic carbocycles. The standard InChI is InChI=1S/C12H17FN2O2/c1-12(2,14)8-17-7-11(16)15-10-5-3-4-9(13)6-10/h3-6H,7-8,14H2,1-2H3,(H,15,16). The van der Waals surface area contributed by atoms with Crippen molar-refractivity contribution in [3.63, 3.8) is 0 Å². The molecule has 0 radical (unpaired) electrons. The van der Waals surface area contributed by atoms with Gasteiger partial charge in [-0.3, -0.25) is 4.79 Å². The number of nitrogens with two attached hydrogens (primary N) is 1. The molecule has 94 valence electrons. The van der Waals surface area contributed by atoms with E-state index in [1.807, 2.05) is 0 Å². The topological polar surface area (TPSA) is 64.3 Å². The Kier molecular flexibility index (Phi) is 4.60. The predicted molar refractivity (Wildman–Crippen MR) is 64.1 cm³/mol. The van der Waals surface area contributed by atoms with E-state index in [9.17, 15) is 9.18 Å². The van der Waals surface area contributed by atoms with Crippen molar-refractivity contribution in [3.05, 3.63) is 30.1 Å². The average Bonchev–Trinajstić information content (AvgIpc) is 2.15. The number of carbonyl (C=O) groups excluding carboxylic acids is 1. The lowest BCUT2D eigenvalue weighted by molar-refractivity contribution is -0.121. The summed E-state index contributed by atoms with van der Waals surface area (Å²) >= 11 is 0. The number of benzene rings is 1. The van der Waals surface area contributed by atoms with Crippen LogP contribution in [0.4, 0.5) is 10.1 Å². The van der Waals surface area contributed by atoms with Gasteiger partial charge in [-0.05, 0) is 32.0 Å². The molecular weight excluding hydrogens is 223 g/mol. The summed E-state index contributed by atoms with van der Waals surface area (Å²) in [5.74, 6) is -0.730. The molecule has 0 aromatic heterocycles. The van der Waals surface area contributed by atoms with Crippen LogP contribution in [0.3, 0.4) is 0 Å². The number of amides is 1. The molecule has 0 bridgehead atoms. The van der Waals surface area contributed by atoms with Crippen LogP contribution < -0.4 is 11.1 Å². The molecule has 0 aliphatic rings. The van der Waals surface area contributed by atoms with Crippen molar-refractivity contribution in [2.24, 2.45) is 5.73 Å². The summed E-state index contributed by atoms with van der Waals surface area (Å²) in [6.07, 6.45) is 0. The van der Waals surface area contributed by atoms with Gasteiger partial charge in [-0.25, -0.2) is 4.39 Å². The van der Waals surface area contributed by atoms with Crippen LogP contribution in [0.15, 0.2) is 24.3 Å². The van der Waals surface area contributed by atoms with Gasteiger partial charge in [0.2, 0.25) is 5.91 Å². The molecule has 1 amide bonds. The highest BCUT2D eigenvalue weighted by molar-refractivity contribution is 5.91. The second kappa shape index (κ2) is 5.75. The minimum Gasteiger partial charge on any atom is -0.370 e. The smallest absolute Gasteiger partial charge is 0.250 e. The minimum atomic E-state index is -0.473. The lowest BCUT2D eigenvalue weighted by Crippen LogP contribution is -2.38. The summed E-state index contributed by atoms with van der Waals surface area (Å²) in [5.41, 5.74) is 5.62. The van der Waals surface area contributed by atoms with E-state index in [0.29, 0.717) is 5.69 Å². The number of halogens is 1. The summed E-state index contributed by atoms with van der Waals surface area (Å²) in [7, 11) is 0. The zero-order valence-corrected chi connectivity index (χ0v) is 10.00. The van der Waals surface area contributed by atoms with E-state index in [-0.39, 0.29) is 19.1 Å². The maximum atomic E-state index is 12.8. The van der Waals surface area contributed by atoms with E-state index in [1.54, 1.807) is 19.9 Å². The van der Waals surface area contributed by atoms with E-state index >= 15 is 0 Å². The molecule has 17 heavy (non-hydrogen) atoms. The van der Waals surface area contributed by atoms with Crippen molar-refractivity contribution in [1.82, 2.24) is 0 Å². The molecule has 0 fully saturated rings. The summed E-state index contributed by atoms with van der Waals surface area (Å²) in [4.78, 5) is 11.4. The Morgan fingerprint density at radius 2 is 2.24 bits per heavy atom. The largest absolute Gasteiger partial charge is 0.370 e. The second-order valence-corrected chi connectivity index (χ2v) is 4.54. The first kappa shape index (κ1) is 13.6. The number of hydrogen-bond acceptors (Lipinski definition) is 3. The molecule has 1 aromatic carbocycles. The van der Waals surface area contributed by atoms with Crippen LogP contribution in [0.25, 0.3) is 0 Å². The van der Waals surface area contributed by atoms with Crippen LogP contribution in [0, 0.1) is 5.82 Å². The fraction of sp³-hybridized carbons (Fsp3) is 0.417. The first-order valence-electron chi connectivity index (χ1n) is 5.29. The molecular formula is C12H17FN2O2. The molecule has 5 heteroatoms. The first-order chi connectivity index (χ1) is 7.87. The molecule has 0 heterocycles. The van der Waals surface area contributed by atoms with Crippen molar-refractivity contribution in [3.8, 4) is 0 Å². The van der Waals surface area contributed by atoms with Crippen molar-refractivity contribution < 1.29 is 13.9 Å². The number of hydrogen-bond donors (Lipinski definition) is 2. The summed E-state index contributed by atoms with van der Waals surface area (Å²) in [6.45, 7) is 3.79. The Morgan fingerprint density at radius 3 is 2.82 bits per heavy atom. The van der Waals surface area contributed by atoms with Gasteiger partial charge >= 0.3 is 0 Å². The van der Waals surface area contributed by atoms with Gasteiger partial charge in [0.05, 0.1) is 6.61 Å². The van der Waals surface area contributed by atoms with E-state index in [0.717, 1.165) is 0 Å². The SMILES string of the molecule is CC(C)(N)COCC(=O)Nc1cccc(F)c1. The highest BCUT2D eigenvalue weighted by Gasteiger charge is 2.11. The highest BCUT2D eigenvalue weighted by atomic mass is 19.1. The van der Waals surface area contributed by atoms with Crippen LogP contribution in [0.2, 0.25) is 0 Å². The Balaban J connectivity index is 2.35. The van der Waals surface area contributed by atoms with Crippen LogP contribution in [-0.2, 0) is 9.53 Å². The summed E-state index contributed by atoms with van der Waals surface area (Å²) < 4.78 is 18.0. The van der Waals surface area contributed by atoms with Crippen LogP contribution >= 0.6 is 0 Å². The molecule has 0 saturated carbocycles. The van der Waals surface area contributed by atoms with Gasteiger partial charge in [0, 0.05) is 11.2 Å². The van der Waals surface area contributed by atoms with Crippen LogP contribution in [0.1, 0.15) is 13.8 Å². The molecule has 0 aliphatic heterocycles. The van der Waals surface area contributed by atoms with Gasteiger partial charge in [0.25, 0.3) is 0 Å². The number of ether oxygens (including phenoxy) is 1. The van der Waals surface area contributed by atoms with Crippen LogP contribution in [0.5, 0.6) is 0 Å². The zero-order chi connectivity index (χ0) is 12.9. The quantitative estimate of drug-likeness (QED) is 0.820. The molecule has 0 unspecified atom stereocenters. The minimum absolute atomic E-state index is 0.100. The molecule has 1 aromatic rings. The molecule has 3 N–H and O–H groups in total. The lowest BCUT2D eigenvalue weighted by atomic mass is 10.1. The number of anilines is 1. The Bertz CT molecular complexity index is 388. The van der Waals surface area contributed by atoms with Gasteiger partial charge in [0.15, 0.2) is 0 Å². The zero-order valence-electron chi connectivity index (χ0n) is 10.00. The first-order valence-corrected chi connectivity index (χ1v) is 5.29. The number of carbonyl (C=O) groups is 1. The Morgan fingerprint density at radius 1 is 1.53 bits per heavy atom. The highest BCUT2D eigenvalue weighted by Crippen LogP contribution is 2.08. The van der Waals surface area contributed by atoms with Crippen LogP contribution in [-0.4, -0.2) is 24.7 Å². The predicted octanol–water partition coefficient (Wildman–Crippen LogP) is 1.52. The van der Waals surface area contributed by atoms with Gasteiger partial charge in [-0.2, -0.15) is 0 Å². The second-order valence-electron chi connectivity index (χ2n) is 4.54. The van der Waals surface area contributed by atoms with Gasteiger partial charge in [-0.15, -0.1) is 0 Å². The number of nitrogens with one attached hydrogen (secondary N) is 1. The number of rotatable bonds is 5. The molecule has 0 atom stereocenters. The fourth-order valence-electron chi connectivity index (χ4n) is 1.17. The average molecular weight is 240 g/mol. The van der Waals surface area contributed by atoms with E-state index in [1.165, 1.54) is 18.2 Å². The maximum absolute atomic E-state index is 12.8. The Labute approximate surface area is 100.0 Å². The third-order valence-electron chi connectivity index (χ3n) is 1.82. The van der Waals surface area contributed by atoms with E-state index in [2.05, 4.69) is 5.32 Å². The molecule has 1 rings (SSSR count). The third-order valence-corrected chi connectivity index (χ3v) is 1.82. The van der Waals surface area contributed by atoms with Gasteiger partial charge < -0.3 is 15.8 Å². The van der Waals surface area contributed by atoms with E-state index < -0.39 is 11.4 Å². The molecule has 4 nitrogen and oxygen atoms in total. The van der Waals surface area contributed by atoms with Crippen molar-refractivity contribution >= 4 is 11.6 Å². The normalized spacial score (nSPS) is 11.3. The van der Waals surface area contributed by atoms with E-state index in [4.69, 9.17) is 10.5 Å². The monoisotopic (exact) mass is 240 g/mol. The third kappa shape index (κ3) is 5.99. The summed E-state index contributed by atoms with van der Waals surface area (Å²) in [5, 5.41) is 2.52. The molecule has 0 saturated heterocycles. The van der Waals surface area contributed by atoms with Crippen molar-refractivity contribution in [2.75, 3.05) is 18.5 Å². The van der Waals surface area contributed by atoms with Gasteiger partial charge in [0.1, 0.15) is 12.4 Å². The molecule has 0 spiro atoms. The Hall–Kier alpha value is -1.46. The maximum Gasteiger partial charge on any atom is 0.250 e. The summed E-state index contributed by atoms with van der Waals surface area (Å²) in [6, 6.07) is 5.68. The van der Waals surface area contributed by atoms with Crippen molar-refractivity contribution in [2.45, 2.75) is 19.4 Å². The van der Waals surface area contributed by atoms with Crippen molar-refractivity contribution in [1.29, 1.82) is 0 Å². The lowest BCUT2D eigenvalue weighted by Gasteiger charge is -2.17. The van der Waals surface area contributed by atoms with Gasteiger partial charge in [-0.1, -0.05) is 6.07 Å². The fourth-order valence-corrected chi connectivity index (χ4v) is 1.17.